The predicted molar refractivity (Wildman–Crippen MR) is 111 cm³/mol. The highest BCUT2D eigenvalue weighted by molar-refractivity contribution is 5.94. The molecule has 0 saturated carbocycles. The van der Waals surface area contributed by atoms with Crippen LogP contribution >= 0.6 is 0 Å². The van der Waals surface area contributed by atoms with Crippen molar-refractivity contribution in [2.45, 2.75) is 97.6 Å². The van der Waals surface area contributed by atoms with Crippen LogP contribution in [-0.2, 0) is 9.53 Å². The molecular formula is C23H37NO3. The second-order valence-corrected chi connectivity index (χ2v) is 7.66. The number of ether oxygens (including phenoxy) is 1. The SMILES string of the molecule is CCCCCCCCCC(C)OC(=O)CC(C)NC(=O)c1ccc(C)cc1. The number of carbonyl (C=O) groups is 2. The Bertz CT molecular complexity index is 553. The Morgan fingerprint density at radius 2 is 1.56 bits per heavy atom. The molecule has 1 rings (SSSR count). The zero-order valence-corrected chi connectivity index (χ0v) is 17.6. The quantitative estimate of drug-likeness (QED) is 0.362. The number of rotatable bonds is 13. The van der Waals surface area contributed by atoms with E-state index < -0.39 is 0 Å². The highest BCUT2D eigenvalue weighted by Crippen LogP contribution is 2.12. The Morgan fingerprint density at radius 1 is 0.963 bits per heavy atom. The van der Waals surface area contributed by atoms with Crippen molar-refractivity contribution in [1.29, 1.82) is 0 Å². The second-order valence-electron chi connectivity index (χ2n) is 7.66. The minimum absolute atomic E-state index is 0.0619. The van der Waals surface area contributed by atoms with Crippen LogP contribution < -0.4 is 5.32 Å². The lowest BCUT2D eigenvalue weighted by Gasteiger charge is -2.17. The van der Waals surface area contributed by atoms with Crippen LogP contribution in [0.25, 0.3) is 0 Å². The van der Waals surface area contributed by atoms with Crippen LogP contribution in [0.15, 0.2) is 24.3 Å². The molecule has 152 valence electrons. The Balaban J connectivity index is 2.18. The third-order valence-electron chi connectivity index (χ3n) is 4.71. The number of carbonyl (C=O) groups excluding carboxylic acids is 2. The Labute approximate surface area is 165 Å². The third kappa shape index (κ3) is 10.8. The van der Waals surface area contributed by atoms with E-state index in [0.29, 0.717) is 5.56 Å². The van der Waals surface area contributed by atoms with Gasteiger partial charge in [0, 0.05) is 11.6 Å². The maximum atomic E-state index is 12.2. The minimum Gasteiger partial charge on any atom is -0.463 e. The fourth-order valence-corrected chi connectivity index (χ4v) is 3.03. The molecule has 0 spiro atoms. The normalized spacial score (nSPS) is 13.0. The van der Waals surface area contributed by atoms with Crippen LogP contribution in [0, 0.1) is 6.92 Å². The first kappa shape index (κ1) is 23.2. The predicted octanol–water partition coefficient (Wildman–Crippen LogP) is 5.58. The van der Waals surface area contributed by atoms with Crippen LogP contribution in [-0.4, -0.2) is 24.0 Å². The number of nitrogens with one attached hydrogen (secondary N) is 1. The summed E-state index contributed by atoms with van der Waals surface area (Å²) in [6, 6.07) is 7.13. The topological polar surface area (TPSA) is 55.4 Å². The maximum absolute atomic E-state index is 12.2. The van der Waals surface area contributed by atoms with Gasteiger partial charge in [-0.3, -0.25) is 9.59 Å². The summed E-state index contributed by atoms with van der Waals surface area (Å²) in [4.78, 5) is 24.2. The van der Waals surface area contributed by atoms with E-state index in [1.54, 1.807) is 12.1 Å². The fourth-order valence-electron chi connectivity index (χ4n) is 3.03. The third-order valence-corrected chi connectivity index (χ3v) is 4.71. The molecule has 0 radical (unpaired) electrons. The summed E-state index contributed by atoms with van der Waals surface area (Å²) >= 11 is 0. The highest BCUT2D eigenvalue weighted by atomic mass is 16.5. The van der Waals surface area contributed by atoms with Gasteiger partial charge in [0.2, 0.25) is 0 Å². The van der Waals surface area contributed by atoms with Gasteiger partial charge < -0.3 is 10.1 Å². The Kier molecular flexibility index (Phi) is 11.5. The van der Waals surface area contributed by atoms with Crippen molar-refractivity contribution in [3.05, 3.63) is 35.4 Å². The molecule has 0 fully saturated rings. The summed E-state index contributed by atoms with van der Waals surface area (Å²) in [6.45, 7) is 7.98. The van der Waals surface area contributed by atoms with Gasteiger partial charge in [0.25, 0.3) is 5.91 Å². The number of hydrogen-bond donors (Lipinski definition) is 1. The first-order valence-corrected chi connectivity index (χ1v) is 10.5. The van der Waals surface area contributed by atoms with E-state index in [9.17, 15) is 9.59 Å². The van der Waals surface area contributed by atoms with Crippen molar-refractivity contribution in [2.24, 2.45) is 0 Å². The molecule has 1 amide bonds. The summed E-state index contributed by atoms with van der Waals surface area (Å²) in [7, 11) is 0. The summed E-state index contributed by atoms with van der Waals surface area (Å²) in [5.74, 6) is -0.409. The van der Waals surface area contributed by atoms with Crippen molar-refractivity contribution >= 4 is 11.9 Å². The molecule has 2 unspecified atom stereocenters. The Hall–Kier alpha value is -1.84. The molecule has 1 aromatic carbocycles. The zero-order valence-electron chi connectivity index (χ0n) is 17.6. The molecule has 2 atom stereocenters. The molecule has 1 aromatic rings. The van der Waals surface area contributed by atoms with Crippen molar-refractivity contribution in [1.82, 2.24) is 5.32 Å². The van der Waals surface area contributed by atoms with Gasteiger partial charge in [-0.15, -0.1) is 0 Å². The fraction of sp³-hybridized carbons (Fsp3) is 0.652. The van der Waals surface area contributed by atoms with E-state index in [-0.39, 0.29) is 30.4 Å². The van der Waals surface area contributed by atoms with Gasteiger partial charge in [-0.1, -0.05) is 63.1 Å². The number of benzene rings is 1. The molecule has 0 heterocycles. The van der Waals surface area contributed by atoms with E-state index in [0.717, 1.165) is 18.4 Å². The molecule has 27 heavy (non-hydrogen) atoms. The van der Waals surface area contributed by atoms with Crippen LogP contribution in [0.1, 0.15) is 94.5 Å². The molecule has 4 nitrogen and oxygen atoms in total. The van der Waals surface area contributed by atoms with Crippen molar-refractivity contribution in [3.63, 3.8) is 0 Å². The number of esters is 1. The molecule has 0 aliphatic rings. The van der Waals surface area contributed by atoms with E-state index in [4.69, 9.17) is 4.74 Å². The molecular weight excluding hydrogens is 338 g/mol. The van der Waals surface area contributed by atoms with Crippen LogP contribution in [0.3, 0.4) is 0 Å². The zero-order chi connectivity index (χ0) is 20.1. The van der Waals surface area contributed by atoms with Gasteiger partial charge in [0.1, 0.15) is 0 Å². The van der Waals surface area contributed by atoms with E-state index in [2.05, 4.69) is 12.2 Å². The molecule has 0 aromatic heterocycles. The first-order valence-electron chi connectivity index (χ1n) is 10.5. The van der Waals surface area contributed by atoms with E-state index >= 15 is 0 Å². The number of hydrogen-bond acceptors (Lipinski definition) is 3. The lowest BCUT2D eigenvalue weighted by Crippen LogP contribution is -2.35. The largest absolute Gasteiger partial charge is 0.463 e. The van der Waals surface area contributed by atoms with Crippen molar-refractivity contribution < 1.29 is 14.3 Å². The lowest BCUT2D eigenvalue weighted by molar-refractivity contribution is -0.148. The average molecular weight is 376 g/mol. The van der Waals surface area contributed by atoms with Crippen LogP contribution in [0.5, 0.6) is 0 Å². The summed E-state index contributed by atoms with van der Waals surface area (Å²) < 4.78 is 5.48. The van der Waals surface area contributed by atoms with Gasteiger partial charge in [-0.2, -0.15) is 0 Å². The van der Waals surface area contributed by atoms with Crippen molar-refractivity contribution in [3.8, 4) is 0 Å². The smallest absolute Gasteiger partial charge is 0.308 e. The number of aryl methyl sites for hydroxylation is 1. The number of unbranched alkanes of at least 4 members (excludes halogenated alkanes) is 6. The van der Waals surface area contributed by atoms with Crippen LogP contribution in [0.4, 0.5) is 0 Å². The summed E-state index contributed by atoms with van der Waals surface area (Å²) in [5.41, 5.74) is 1.71. The first-order chi connectivity index (χ1) is 12.9. The van der Waals surface area contributed by atoms with E-state index in [1.165, 1.54) is 38.5 Å². The molecule has 0 bridgehead atoms. The average Bonchev–Trinajstić information content (AvgIpc) is 2.61. The minimum atomic E-state index is -0.253. The van der Waals surface area contributed by atoms with Gasteiger partial charge >= 0.3 is 5.97 Å². The van der Waals surface area contributed by atoms with Gasteiger partial charge in [0.15, 0.2) is 0 Å². The maximum Gasteiger partial charge on any atom is 0.308 e. The summed E-state index contributed by atoms with van der Waals surface area (Å²) in [5, 5.41) is 2.86. The molecule has 0 saturated heterocycles. The number of amides is 1. The van der Waals surface area contributed by atoms with Crippen LogP contribution in [0.2, 0.25) is 0 Å². The van der Waals surface area contributed by atoms with Gasteiger partial charge in [-0.05, 0) is 45.7 Å². The summed E-state index contributed by atoms with van der Waals surface area (Å²) in [6.07, 6.45) is 9.84. The molecule has 0 aliphatic heterocycles. The van der Waals surface area contributed by atoms with Crippen molar-refractivity contribution in [2.75, 3.05) is 0 Å². The highest BCUT2D eigenvalue weighted by Gasteiger charge is 2.16. The van der Waals surface area contributed by atoms with Gasteiger partial charge in [-0.25, -0.2) is 0 Å². The molecule has 0 aliphatic carbocycles. The lowest BCUT2D eigenvalue weighted by atomic mass is 10.1. The standard InChI is InChI=1S/C23H37NO3/c1-5-6-7-8-9-10-11-12-20(4)27-22(25)17-19(3)24-23(26)21-15-13-18(2)14-16-21/h13-16,19-20H,5-12,17H2,1-4H3,(H,24,26). The Morgan fingerprint density at radius 3 is 2.19 bits per heavy atom. The monoisotopic (exact) mass is 375 g/mol. The second kappa shape index (κ2) is 13.3. The van der Waals surface area contributed by atoms with Gasteiger partial charge in [0.05, 0.1) is 12.5 Å². The molecule has 1 N–H and O–H groups in total. The van der Waals surface area contributed by atoms with E-state index in [1.807, 2.05) is 32.9 Å². The molecule has 4 heteroatoms.